The van der Waals surface area contributed by atoms with Crippen molar-refractivity contribution in [2.75, 3.05) is 33.9 Å². The van der Waals surface area contributed by atoms with Crippen LogP contribution in [0.2, 0.25) is 0 Å². The van der Waals surface area contributed by atoms with Crippen LogP contribution < -0.4 is 5.32 Å². The van der Waals surface area contributed by atoms with E-state index in [4.69, 9.17) is 4.74 Å². The van der Waals surface area contributed by atoms with Gasteiger partial charge in [0.2, 0.25) is 5.91 Å². The van der Waals surface area contributed by atoms with Crippen LogP contribution in [-0.2, 0) is 9.53 Å². The largest absolute Gasteiger partial charge is 0.394 e. The van der Waals surface area contributed by atoms with E-state index in [2.05, 4.69) is 5.32 Å². The summed E-state index contributed by atoms with van der Waals surface area (Å²) in [5.41, 5.74) is -0.400. The fraction of sp³-hybridized carbons (Fsp3) is 0.917. The second kappa shape index (κ2) is 7.63. The van der Waals surface area contributed by atoms with Gasteiger partial charge in [0, 0.05) is 25.8 Å². The average Bonchev–Trinajstić information content (AvgIpc) is 2.32. The number of ether oxygens (including phenoxy) is 1. The van der Waals surface area contributed by atoms with Crippen LogP contribution in [0.15, 0.2) is 0 Å². The topological polar surface area (TPSA) is 61.8 Å². The number of hydrogen-bond donors (Lipinski definition) is 2. The lowest BCUT2D eigenvalue weighted by Crippen LogP contribution is -2.54. The van der Waals surface area contributed by atoms with Crippen molar-refractivity contribution in [2.45, 2.75) is 38.8 Å². The molecule has 5 heteroatoms. The molecule has 0 bridgehead atoms. The second-order valence-electron chi connectivity index (χ2n) is 4.89. The number of nitrogens with zero attached hydrogens (tertiary/aromatic N) is 1. The van der Waals surface area contributed by atoms with Gasteiger partial charge in [-0.05, 0) is 34.2 Å². The fourth-order valence-corrected chi connectivity index (χ4v) is 1.39. The van der Waals surface area contributed by atoms with Crippen LogP contribution >= 0.6 is 0 Å². The summed E-state index contributed by atoms with van der Waals surface area (Å²) >= 11 is 0. The molecule has 5 nitrogen and oxygen atoms in total. The molecule has 0 aliphatic rings. The van der Waals surface area contributed by atoms with Crippen molar-refractivity contribution >= 4 is 5.91 Å². The molecule has 1 unspecified atom stereocenters. The lowest BCUT2D eigenvalue weighted by Gasteiger charge is -2.37. The maximum Gasteiger partial charge on any atom is 0.237 e. The third kappa shape index (κ3) is 5.48. The Morgan fingerprint density at radius 1 is 1.53 bits per heavy atom. The molecule has 0 aliphatic carbocycles. The smallest absolute Gasteiger partial charge is 0.237 e. The zero-order chi connectivity index (χ0) is 13.5. The summed E-state index contributed by atoms with van der Waals surface area (Å²) < 4.78 is 4.91. The SMILES string of the molecule is COCCCNC(=O)C(C)N(C)C(C)(C)CO. The van der Waals surface area contributed by atoms with Crippen LogP contribution in [-0.4, -0.2) is 61.4 Å². The minimum absolute atomic E-state index is 0.0186. The van der Waals surface area contributed by atoms with E-state index in [0.717, 1.165) is 6.42 Å². The fourth-order valence-electron chi connectivity index (χ4n) is 1.39. The number of carbonyl (C=O) groups is 1. The van der Waals surface area contributed by atoms with Gasteiger partial charge in [0.1, 0.15) is 0 Å². The summed E-state index contributed by atoms with van der Waals surface area (Å²) in [6.07, 6.45) is 0.808. The van der Waals surface area contributed by atoms with E-state index >= 15 is 0 Å². The van der Waals surface area contributed by atoms with Crippen molar-refractivity contribution in [2.24, 2.45) is 0 Å². The summed E-state index contributed by atoms with van der Waals surface area (Å²) in [7, 11) is 3.48. The minimum atomic E-state index is -0.400. The summed E-state index contributed by atoms with van der Waals surface area (Å²) in [5, 5.41) is 12.1. The Morgan fingerprint density at radius 2 is 2.12 bits per heavy atom. The van der Waals surface area contributed by atoms with Gasteiger partial charge in [0.15, 0.2) is 0 Å². The summed E-state index contributed by atoms with van der Waals surface area (Å²) in [5.74, 6) is -0.0230. The van der Waals surface area contributed by atoms with Crippen LogP contribution in [0.1, 0.15) is 27.2 Å². The molecule has 1 amide bonds. The molecule has 0 aromatic carbocycles. The molecule has 102 valence electrons. The number of carbonyl (C=O) groups excluding carboxylic acids is 1. The number of amides is 1. The normalized spacial score (nSPS) is 13.8. The van der Waals surface area contributed by atoms with Crippen LogP contribution in [0.3, 0.4) is 0 Å². The van der Waals surface area contributed by atoms with E-state index in [1.165, 1.54) is 0 Å². The standard InChI is InChI=1S/C12H26N2O3/c1-10(14(4)12(2,3)9-15)11(16)13-7-6-8-17-5/h10,15H,6-9H2,1-5H3,(H,13,16). The van der Waals surface area contributed by atoms with Gasteiger partial charge in [-0.25, -0.2) is 0 Å². The van der Waals surface area contributed by atoms with Crippen molar-refractivity contribution in [3.05, 3.63) is 0 Å². The number of rotatable bonds is 8. The van der Waals surface area contributed by atoms with Gasteiger partial charge in [0.25, 0.3) is 0 Å². The second-order valence-corrected chi connectivity index (χ2v) is 4.89. The molecular weight excluding hydrogens is 220 g/mol. The molecule has 0 aromatic rings. The van der Waals surface area contributed by atoms with E-state index < -0.39 is 5.54 Å². The van der Waals surface area contributed by atoms with Gasteiger partial charge in [-0.15, -0.1) is 0 Å². The van der Waals surface area contributed by atoms with Crippen LogP contribution in [0, 0.1) is 0 Å². The first-order valence-electron chi connectivity index (χ1n) is 5.97. The first kappa shape index (κ1) is 16.4. The molecule has 0 rings (SSSR count). The van der Waals surface area contributed by atoms with Gasteiger partial charge >= 0.3 is 0 Å². The molecule has 0 heterocycles. The molecule has 0 fully saturated rings. The monoisotopic (exact) mass is 246 g/mol. The molecule has 0 saturated carbocycles. The molecule has 2 N–H and O–H groups in total. The summed E-state index contributed by atoms with van der Waals surface area (Å²) in [6, 6.07) is -0.264. The Morgan fingerprint density at radius 3 is 2.59 bits per heavy atom. The maximum absolute atomic E-state index is 11.8. The third-order valence-electron chi connectivity index (χ3n) is 3.13. The maximum atomic E-state index is 11.8. The van der Waals surface area contributed by atoms with Crippen molar-refractivity contribution in [3.8, 4) is 0 Å². The van der Waals surface area contributed by atoms with Gasteiger partial charge in [-0.1, -0.05) is 0 Å². The zero-order valence-corrected chi connectivity index (χ0v) is 11.6. The van der Waals surface area contributed by atoms with Crippen molar-refractivity contribution in [1.82, 2.24) is 10.2 Å². The molecule has 17 heavy (non-hydrogen) atoms. The molecule has 1 atom stereocenters. The van der Waals surface area contributed by atoms with Gasteiger partial charge in [0.05, 0.1) is 12.6 Å². The average molecular weight is 246 g/mol. The summed E-state index contributed by atoms with van der Waals surface area (Å²) in [4.78, 5) is 13.7. The number of nitrogens with one attached hydrogen (secondary N) is 1. The first-order valence-corrected chi connectivity index (χ1v) is 5.97. The number of aliphatic hydroxyl groups is 1. The van der Waals surface area contributed by atoms with E-state index in [-0.39, 0.29) is 18.6 Å². The number of likely N-dealkylation sites (N-methyl/N-ethyl adjacent to an activating group) is 1. The lowest BCUT2D eigenvalue weighted by atomic mass is 10.0. The highest BCUT2D eigenvalue weighted by atomic mass is 16.5. The van der Waals surface area contributed by atoms with Crippen LogP contribution in [0.5, 0.6) is 0 Å². The number of hydrogen-bond acceptors (Lipinski definition) is 4. The Balaban J connectivity index is 4.12. The third-order valence-corrected chi connectivity index (χ3v) is 3.13. The molecule has 0 aliphatic heterocycles. The zero-order valence-electron chi connectivity index (χ0n) is 11.6. The van der Waals surface area contributed by atoms with Crippen LogP contribution in [0.4, 0.5) is 0 Å². The van der Waals surface area contributed by atoms with Gasteiger partial charge < -0.3 is 15.2 Å². The van der Waals surface area contributed by atoms with Crippen molar-refractivity contribution in [1.29, 1.82) is 0 Å². The number of aliphatic hydroxyl groups excluding tert-OH is 1. The molecule has 0 saturated heterocycles. The van der Waals surface area contributed by atoms with Crippen molar-refractivity contribution in [3.63, 3.8) is 0 Å². The van der Waals surface area contributed by atoms with Crippen LogP contribution in [0.25, 0.3) is 0 Å². The van der Waals surface area contributed by atoms with E-state index in [1.807, 2.05) is 32.7 Å². The van der Waals surface area contributed by atoms with E-state index in [0.29, 0.717) is 13.2 Å². The Labute approximate surface area is 104 Å². The Hall–Kier alpha value is -0.650. The molecule has 0 aromatic heterocycles. The molecular formula is C12H26N2O3. The first-order chi connectivity index (χ1) is 7.86. The van der Waals surface area contributed by atoms with Crippen molar-refractivity contribution < 1.29 is 14.6 Å². The highest BCUT2D eigenvalue weighted by Crippen LogP contribution is 2.14. The van der Waals surface area contributed by atoms with Gasteiger partial charge in [-0.3, -0.25) is 9.69 Å². The van der Waals surface area contributed by atoms with Gasteiger partial charge in [-0.2, -0.15) is 0 Å². The molecule has 0 radical (unpaired) electrons. The number of methoxy groups -OCH3 is 1. The minimum Gasteiger partial charge on any atom is -0.394 e. The Bertz CT molecular complexity index is 232. The Kier molecular flexibility index (Phi) is 7.34. The predicted molar refractivity (Wildman–Crippen MR) is 67.9 cm³/mol. The van der Waals surface area contributed by atoms with E-state index in [9.17, 15) is 9.90 Å². The predicted octanol–water partition coefficient (Wildman–Crippen LogP) is 0.230. The highest BCUT2D eigenvalue weighted by Gasteiger charge is 2.29. The lowest BCUT2D eigenvalue weighted by molar-refractivity contribution is -0.127. The van der Waals surface area contributed by atoms with E-state index in [1.54, 1.807) is 7.11 Å². The highest BCUT2D eigenvalue weighted by molar-refractivity contribution is 5.81. The quantitative estimate of drug-likeness (QED) is 0.602. The summed E-state index contributed by atoms with van der Waals surface area (Å²) in [6.45, 7) is 6.92. The molecule has 0 spiro atoms.